The first-order chi connectivity index (χ1) is 9.60. The number of aliphatic hydroxyl groups is 1. The van der Waals surface area contributed by atoms with E-state index in [-0.39, 0.29) is 12.4 Å². The Kier molecular flexibility index (Phi) is 4.93. The fourth-order valence-electron chi connectivity index (χ4n) is 1.82. The van der Waals surface area contributed by atoms with Gasteiger partial charge in [-0.05, 0) is 36.8 Å². The highest BCUT2D eigenvalue weighted by atomic mass is 79.9. The first-order valence-corrected chi connectivity index (χ1v) is 7.05. The molecule has 0 aromatic heterocycles. The smallest absolute Gasteiger partial charge is 0.202 e. The summed E-state index contributed by atoms with van der Waals surface area (Å²) in [5, 5.41) is 9.08. The van der Waals surface area contributed by atoms with Gasteiger partial charge in [0.1, 0.15) is 5.75 Å². The lowest BCUT2D eigenvalue weighted by Crippen LogP contribution is -2.23. The van der Waals surface area contributed by atoms with Crippen molar-refractivity contribution in [3.05, 3.63) is 64.1 Å². The number of aliphatic hydroxyl groups excluding tert-OH is 1. The van der Waals surface area contributed by atoms with E-state index in [2.05, 4.69) is 15.9 Å². The van der Waals surface area contributed by atoms with Gasteiger partial charge >= 0.3 is 0 Å². The number of Topliss-reactive ketones (excluding diaryl/α,β-unsaturated/α-hetero) is 1. The summed E-state index contributed by atoms with van der Waals surface area (Å²) >= 11 is 3.34. The molecule has 0 aliphatic carbocycles. The number of carbonyl (C=O) groups excluding carboxylic acids is 1. The van der Waals surface area contributed by atoms with E-state index in [1.54, 1.807) is 43.3 Å². The normalized spacial score (nSPS) is 11.9. The largest absolute Gasteiger partial charge is 0.483 e. The van der Waals surface area contributed by atoms with Gasteiger partial charge in [0.2, 0.25) is 5.78 Å². The minimum atomic E-state index is -0.579. The molecule has 0 aliphatic heterocycles. The average molecular weight is 335 g/mol. The van der Waals surface area contributed by atoms with Gasteiger partial charge in [0.15, 0.2) is 6.10 Å². The Morgan fingerprint density at radius 3 is 2.60 bits per heavy atom. The van der Waals surface area contributed by atoms with Gasteiger partial charge in [-0.1, -0.05) is 40.2 Å². The molecule has 0 bridgehead atoms. The zero-order valence-electron chi connectivity index (χ0n) is 11.0. The number of rotatable bonds is 5. The van der Waals surface area contributed by atoms with Crippen molar-refractivity contribution >= 4 is 21.7 Å². The fourth-order valence-corrected chi connectivity index (χ4v) is 2.09. The number of ketones is 1. The van der Waals surface area contributed by atoms with E-state index in [1.165, 1.54) is 0 Å². The third kappa shape index (κ3) is 3.68. The van der Waals surface area contributed by atoms with E-state index < -0.39 is 6.10 Å². The summed E-state index contributed by atoms with van der Waals surface area (Å²) in [5.74, 6) is 0.501. The van der Waals surface area contributed by atoms with Crippen LogP contribution in [-0.2, 0) is 6.61 Å². The van der Waals surface area contributed by atoms with Gasteiger partial charge in [-0.25, -0.2) is 0 Å². The second-order valence-corrected chi connectivity index (χ2v) is 5.35. The molecule has 0 radical (unpaired) electrons. The van der Waals surface area contributed by atoms with E-state index >= 15 is 0 Å². The molecule has 3 nitrogen and oxygen atoms in total. The number of halogens is 1. The zero-order valence-corrected chi connectivity index (χ0v) is 12.6. The molecule has 2 aromatic carbocycles. The number of hydrogen-bond donors (Lipinski definition) is 1. The lowest BCUT2D eigenvalue weighted by Gasteiger charge is -2.14. The van der Waals surface area contributed by atoms with Crippen LogP contribution >= 0.6 is 15.9 Å². The molecule has 0 saturated carbocycles. The quantitative estimate of drug-likeness (QED) is 0.850. The van der Waals surface area contributed by atoms with Crippen molar-refractivity contribution in [2.24, 2.45) is 0 Å². The van der Waals surface area contributed by atoms with Crippen molar-refractivity contribution in [3.63, 3.8) is 0 Å². The molecule has 0 saturated heterocycles. The van der Waals surface area contributed by atoms with E-state index in [0.29, 0.717) is 11.3 Å². The predicted octanol–water partition coefficient (Wildman–Crippen LogP) is 3.59. The summed E-state index contributed by atoms with van der Waals surface area (Å²) in [5.41, 5.74) is 1.37. The standard InChI is InChI=1S/C16H15BrO3/c1-11(16(19)13-5-7-14(17)8-6-13)20-15-4-2-3-12(9-15)10-18/h2-9,11,18H,10H2,1H3. The Morgan fingerprint density at radius 2 is 1.95 bits per heavy atom. The van der Waals surface area contributed by atoms with Gasteiger partial charge < -0.3 is 9.84 Å². The molecule has 4 heteroatoms. The third-order valence-corrected chi connectivity index (χ3v) is 3.42. The van der Waals surface area contributed by atoms with Crippen LogP contribution in [0.5, 0.6) is 5.75 Å². The maximum absolute atomic E-state index is 12.2. The summed E-state index contributed by atoms with van der Waals surface area (Å²) < 4.78 is 6.56. The molecule has 0 amide bonds. The second kappa shape index (κ2) is 6.68. The maximum atomic E-state index is 12.2. The van der Waals surface area contributed by atoms with E-state index in [9.17, 15) is 4.79 Å². The van der Waals surface area contributed by atoms with Crippen LogP contribution in [0, 0.1) is 0 Å². The van der Waals surface area contributed by atoms with Crippen LogP contribution in [0.1, 0.15) is 22.8 Å². The molecule has 104 valence electrons. The number of ether oxygens (including phenoxy) is 1. The summed E-state index contributed by atoms with van der Waals surface area (Å²) in [6.07, 6.45) is -0.579. The van der Waals surface area contributed by atoms with Crippen molar-refractivity contribution in [2.45, 2.75) is 19.6 Å². The summed E-state index contributed by atoms with van der Waals surface area (Å²) in [4.78, 5) is 12.2. The summed E-state index contributed by atoms with van der Waals surface area (Å²) in [6, 6.07) is 14.3. The molecule has 1 N–H and O–H groups in total. The number of carbonyl (C=O) groups is 1. The van der Waals surface area contributed by atoms with Crippen molar-refractivity contribution in [2.75, 3.05) is 0 Å². The van der Waals surface area contributed by atoms with Gasteiger partial charge in [-0.3, -0.25) is 4.79 Å². The summed E-state index contributed by atoms with van der Waals surface area (Å²) in [7, 11) is 0. The lowest BCUT2D eigenvalue weighted by molar-refractivity contribution is 0.0818. The molecule has 1 unspecified atom stereocenters. The molecule has 2 rings (SSSR count). The van der Waals surface area contributed by atoms with Gasteiger partial charge in [0, 0.05) is 10.0 Å². The highest BCUT2D eigenvalue weighted by Gasteiger charge is 2.16. The van der Waals surface area contributed by atoms with Gasteiger partial charge in [0.25, 0.3) is 0 Å². The molecule has 2 aromatic rings. The lowest BCUT2D eigenvalue weighted by atomic mass is 10.1. The molecule has 0 fully saturated rings. The summed E-state index contributed by atoms with van der Waals surface area (Å²) in [6.45, 7) is 1.67. The Bertz CT molecular complexity index is 593. The van der Waals surface area contributed by atoms with Crippen molar-refractivity contribution < 1.29 is 14.6 Å². The van der Waals surface area contributed by atoms with Crippen molar-refractivity contribution in [1.29, 1.82) is 0 Å². The Labute approximate surface area is 126 Å². The van der Waals surface area contributed by atoms with Gasteiger partial charge in [0.05, 0.1) is 6.61 Å². The van der Waals surface area contributed by atoms with Gasteiger partial charge in [-0.2, -0.15) is 0 Å². The molecule has 0 heterocycles. The van der Waals surface area contributed by atoms with Crippen LogP contribution in [-0.4, -0.2) is 17.0 Å². The molecular formula is C16H15BrO3. The third-order valence-electron chi connectivity index (χ3n) is 2.89. The van der Waals surface area contributed by atoms with E-state index in [1.807, 2.05) is 12.1 Å². The highest BCUT2D eigenvalue weighted by Crippen LogP contribution is 2.17. The van der Waals surface area contributed by atoms with E-state index in [4.69, 9.17) is 9.84 Å². The molecular weight excluding hydrogens is 320 g/mol. The first-order valence-electron chi connectivity index (χ1n) is 6.26. The molecule has 0 aliphatic rings. The first kappa shape index (κ1) is 14.8. The Morgan fingerprint density at radius 1 is 1.25 bits per heavy atom. The minimum Gasteiger partial charge on any atom is -0.483 e. The predicted molar refractivity (Wildman–Crippen MR) is 80.9 cm³/mol. The number of benzene rings is 2. The van der Waals surface area contributed by atoms with Crippen LogP contribution in [0.15, 0.2) is 53.0 Å². The van der Waals surface area contributed by atoms with Crippen LogP contribution in [0.25, 0.3) is 0 Å². The van der Waals surface area contributed by atoms with Crippen LogP contribution in [0.4, 0.5) is 0 Å². The second-order valence-electron chi connectivity index (χ2n) is 4.44. The van der Waals surface area contributed by atoms with Crippen molar-refractivity contribution in [3.8, 4) is 5.75 Å². The highest BCUT2D eigenvalue weighted by molar-refractivity contribution is 9.10. The molecule has 1 atom stereocenters. The van der Waals surface area contributed by atoms with E-state index in [0.717, 1.165) is 10.0 Å². The fraction of sp³-hybridized carbons (Fsp3) is 0.188. The zero-order chi connectivity index (χ0) is 14.5. The molecule has 0 spiro atoms. The monoisotopic (exact) mass is 334 g/mol. The number of hydrogen-bond acceptors (Lipinski definition) is 3. The minimum absolute atomic E-state index is 0.0494. The molecule has 20 heavy (non-hydrogen) atoms. The topological polar surface area (TPSA) is 46.5 Å². The van der Waals surface area contributed by atoms with Crippen LogP contribution in [0.2, 0.25) is 0 Å². The van der Waals surface area contributed by atoms with Crippen LogP contribution in [0.3, 0.4) is 0 Å². The average Bonchev–Trinajstić information content (AvgIpc) is 2.47. The Hall–Kier alpha value is -1.65. The maximum Gasteiger partial charge on any atom is 0.202 e. The van der Waals surface area contributed by atoms with Crippen molar-refractivity contribution in [1.82, 2.24) is 0 Å². The Balaban J connectivity index is 2.09. The SMILES string of the molecule is CC(Oc1cccc(CO)c1)C(=O)c1ccc(Br)cc1. The van der Waals surface area contributed by atoms with Gasteiger partial charge in [-0.15, -0.1) is 0 Å². The van der Waals surface area contributed by atoms with Crippen LogP contribution < -0.4 is 4.74 Å².